The molecule has 0 saturated heterocycles. The van der Waals surface area contributed by atoms with E-state index in [0.717, 1.165) is 21.0 Å². The maximum absolute atomic E-state index is 14.2. The number of nitrogens with zero attached hydrogens (tertiary/aromatic N) is 2. The molecule has 0 bridgehead atoms. The molecule has 42 heavy (non-hydrogen) atoms. The lowest BCUT2D eigenvalue weighted by Gasteiger charge is -2.33. The average molecular weight is 596 g/mol. The zero-order chi connectivity index (χ0) is 31.2. The molecular formula is C32H41N3O6S. The second-order valence-corrected chi connectivity index (χ2v) is 13.2. The first-order valence-electron chi connectivity index (χ1n) is 13.6. The highest BCUT2D eigenvalue weighted by molar-refractivity contribution is 7.92. The lowest BCUT2D eigenvalue weighted by molar-refractivity contribution is -0.140. The lowest BCUT2D eigenvalue weighted by Crippen LogP contribution is -2.54. The molecule has 9 nitrogen and oxygen atoms in total. The van der Waals surface area contributed by atoms with Crippen molar-refractivity contribution in [1.29, 1.82) is 0 Å². The smallest absolute Gasteiger partial charge is 0.264 e. The molecule has 0 fully saturated rings. The third-order valence-corrected chi connectivity index (χ3v) is 8.35. The van der Waals surface area contributed by atoms with Crippen molar-refractivity contribution in [3.8, 4) is 11.5 Å². The molecule has 0 aliphatic carbocycles. The van der Waals surface area contributed by atoms with Gasteiger partial charge in [-0.15, -0.1) is 0 Å². The van der Waals surface area contributed by atoms with Gasteiger partial charge in [0.25, 0.3) is 10.0 Å². The van der Waals surface area contributed by atoms with Crippen molar-refractivity contribution in [2.75, 3.05) is 25.1 Å². The third-order valence-electron chi connectivity index (χ3n) is 6.58. The Balaban J connectivity index is 2.10. The summed E-state index contributed by atoms with van der Waals surface area (Å²) < 4.78 is 40.1. The molecule has 0 heterocycles. The standard InChI is InChI=1S/C32H41N3O6S/c1-22-16-23(2)18-26(17-22)35(42(38,39)27-14-15-28(40-7)29(19-27)41-8)21-30(36)34(20-25-12-10-9-11-13-25)24(3)31(37)33-32(4,5)6/h9-19,24H,20-21H2,1-8H3,(H,33,37)/t24-/m0/s1. The van der Waals surface area contributed by atoms with Crippen molar-refractivity contribution >= 4 is 27.5 Å². The zero-order valence-electron chi connectivity index (χ0n) is 25.6. The van der Waals surface area contributed by atoms with Crippen LogP contribution in [0.2, 0.25) is 0 Å². The van der Waals surface area contributed by atoms with Gasteiger partial charge in [-0.3, -0.25) is 13.9 Å². The third kappa shape index (κ3) is 8.03. The Morgan fingerprint density at radius 1 is 0.881 bits per heavy atom. The van der Waals surface area contributed by atoms with Gasteiger partial charge >= 0.3 is 0 Å². The van der Waals surface area contributed by atoms with Crippen LogP contribution in [0.3, 0.4) is 0 Å². The number of amides is 2. The summed E-state index contributed by atoms with van der Waals surface area (Å²) in [6, 6.07) is 18.1. The maximum Gasteiger partial charge on any atom is 0.264 e. The number of rotatable bonds is 11. The van der Waals surface area contributed by atoms with E-state index in [9.17, 15) is 18.0 Å². The number of nitrogens with one attached hydrogen (secondary N) is 1. The number of sulfonamides is 1. The Bertz CT molecular complexity index is 1500. The van der Waals surface area contributed by atoms with Gasteiger partial charge in [0, 0.05) is 18.2 Å². The number of hydrogen-bond donors (Lipinski definition) is 1. The van der Waals surface area contributed by atoms with E-state index in [2.05, 4.69) is 5.32 Å². The van der Waals surface area contributed by atoms with E-state index in [0.29, 0.717) is 11.4 Å². The number of anilines is 1. The summed E-state index contributed by atoms with van der Waals surface area (Å²) in [4.78, 5) is 28.7. The largest absolute Gasteiger partial charge is 0.493 e. The number of carbonyl (C=O) groups is 2. The van der Waals surface area contributed by atoms with Crippen LogP contribution in [-0.2, 0) is 26.2 Å². The number of carbonyl (C=O) groups excluding carboxylic acids is 2. The van der Waals surface area contributed by atoms with Crippen LogP contribution in [0.4, 0.5) is 5.69 Å². The van der Waals surface area contributed by atoms with Gasteiger partial charge in [-0.05, 0) is 82.5 Å². The fourth-order valence-electron chi connectivity index (χ4n) is 4.56. The van der Waals surface area contributed by atoms with E-state index in [-0.39, 0.29) is 23.1 Å². The Labute approximate surface area is 249 Å². The SMILES string of the molecule is COc1ccc(S(=O)(=O)N(CC(=O)N(Cc2ccccc2)[C@@H](C)C(=O)NC(C)(C)C)c2cc(C)cc(C)c2)cc1OC. The van der Waals surface area contributed by atoms with Crippen LogP contribution in [0.15, 0.2) is 71.6 Å². The van der Waals surface area contributed by atoms with Crippen molar-refractivity contribution in [1.82, 2.24) is 10.2 Å². The molecular weight excluding hydrogens is 554 g/mol. The fourth-order valence-corrected chi connectivity index (χ4v) is 5.98. The van der Waals surface area contributed by atoms with E-state index in [1.807, 2.05) is 71.0 Å². The molecule has 0 spiro atoms. The normalized spacial score (nSPS) is 12.3. The summed E-state index contributed by atoms with van der Waals surface area (Å²) in [5, 5.41) is 2.93. The zero-order valence-corrected chi connectivity index (χ0v) is 26.4. The minimum Gasteiger partial charge on any atom is -0.493 e. The highest BCUT2D eigenvalue weighted by atomic mass is 32.2. The van der Waals surface area contributed by atoms with E-state index in [1.165, 1.54) is 37.3 Å². The van der Waals surface area contributed by atoms with E-state index < -0.39 is 34.1 Å². The first-order valence-corrected chi connectivity index (χ1v) is 15.1. The molecule has 2 amide bonds. The lowest BCUT2D eigenvalue weighted by atomic mass is 10.1. The van der Waals surface area contributed by atoms with Crippen LogP contribution in [0.5, 0.6) is 11.5 Å². The van der Waals surface area contributed by atoms with Gasteiger partial charge < -0.3 is 19.7 Å². The number of benzene rings is 3. The second kappa shape index (κ2) is 13.3. The Kier molecular flexibility index (Phi) is 10.3. The predicted octanol–water partition coefficient (Wildman–Crippen LogP) is 4.85. The van der Waals surface area contributed by atoms with E-state index >= 15 is 0 Å². The minimum atomic E-state index is -4.27. The molecule has 226 valence electrons. The maximum atomic E-state index is 14.2. The van der Waals surface area contributed by atoms with Crippen molar-refractivity contribution in [2.45, 2.75) is 64.6 Å². The summed E-state index contributed by atoms with van der Waals surface area (Å²) in [5.74, 6) is -0.257. The highest BCUT2D eigenvalue weighted by Gasteiger charge is 2.34. The van der Waals surface area contributed by atoms with Gasteiger partial charge in [0.15, 0.2) is 11.5 Å². The summed E-state index contributed by atoms with van der Waals surface area (Å²) in [5.41, 5.74) is 2.30. The van der Waals surface area contributed by atoms with Crippen LogP contribution in [0, 0.1) is 13.8 Å². The van der Waals surface area contributed by atoms with Gasteiger partial charge in [-0.1, -0.05) is 36.4 Å². The number of aryl methyl sites for hydroxylation is 2. The molecule has 0 aliphatic heterocycles. The quantitative estimate of drug-likeness (QED) is 0.340. The van der Waals surface area contributed by atoms with Crippen molar-refractivity contribution in [2.24, 2.45) is 0 Å². The van der Waals surface area contributed by atoms with Crippen molar-refractivity contribution in [3.63, 3.8) is 0 Å². The first-order chi connectivity index (χ1) is 19.7. The summed E-state index contributed by atoms with van der Waals surface area (Å²) in [6.45, 7) is 10.5. The van der Waals surface area contributed by atoms with Crippen molar-refractivity contribution < 1.29 is 27.5 Å². The second-order valence-electron chi connectivity index (χ2n) is 11.3. The molecule has 3 rings (SSSR count). The molecule has 0 saturated carbocycles. The van der Waals surface area contributed by atoms with Crippen LogP contribution >= 0.6 is 0 Å². The predicted molar refractivity (Wildman–Crippen MR) is 164 cm³/mol. The first kappa shape index (κ1) is 32.5. The topological polar surface area (TPSA) is 105 Å². The van der Waals surface area contributed by atoms with Gasteiger partial charge in [0.05, 0.1) is 24.8 Å². The number of ether oxygens (including phenoxy) is 2. The monoisotopic (exact) mass is 595 g/mol. The van der Waals surface area contributed by atoms with Crippen molar-refractivity contribution in [3.05, 3.63) is 83.4 Å². The molecule has 0 radical (unpaired) electrons. The molecule has 1 N–H and O–H groups in total. The van der Waals surface area contributed by atoms with Crippen LogP contribution in [0.25, 0.3) is 0 Å². The van der Waals surface area contributed by atoms with Gasteiger partial charge in [0.2, 0.25) is 11.8 Å². The molecule has 0 aromatic heterocycles. The Hall–Kier alpha value is -4.05. The number of hydrogen-bond acceptors (Lipinski definition) is 6. The molecule has 3 aromatic carbocycles. The van der Waals surface area contributed by atoms with Gasteiger partial charge in [0.1, 0.15) is 12.6 Å². The van der Waals surface area contributed by atoms with E-state index in [4.69, 9.17) is 9.47 Å². The Morgan fingerprint density at radius 3 is 2.02 bits per heavy atom. The van der Waals surface area contributed by atoms with Crippen LogP contribution in [0.1, 0.15) is 44.4 Å². The molecule has 0 aliphatic rings. The average Bonchev–Trinajstić information content (AvgIpc) is 2.92. The highest BCUT2D eigenvalue weighted by Crippen LogP contribution is 2.33. The fraction of sp³-hybridized carbons (Fsp3) is 0.375. The van der Waals surface area contributed by atoms with Crippen LogP contribution < -0.4 is 19.1 Å². The number of methoxy groups -OCH3 is 2. The molecule has 1 atom stereocenters. The molecule has 0 unspecified atom stereocenters. The van der Waals surface area contributed by atoms with Gasteiger partial charge in [-0.25, -0.2) is 8.42 Å². The minimum absolute atomic E-state index is 0.0692. The summed E-state index contributed by atoms with van der Waals surface area (Å²) in [7, 11) is -1.39. The van der Waals surface area contributed by atoms with Gasteiger partial charge in [-0.2, -0.15) is 0 Å². The van der Waals surface area contributed by atoms with E-state index in [1.54, 1.807) is 19.1 Å². The molecule has 3 aromatic rings. The Morgan fingerprint density at radius 2 is 1.48 bits per heavy atom. The summed E-state index contributed by atoms with van der Waals surface area (Å²) in [6.07, 6.45) is 0. The van der Waals surface area contributed by atoms with Crippen LogP contribution in [-0.4, -0.2) is 57.5 Å². The summed E-state index contributed by atoms with van der Waals surface area (Å²) >= 11 is 0. The molecule has 10 heteroatoms.